The second kappa shape index (κ2) is 5.49. The average molecular weight is 311 g/mol. The predicted octanol–water partition coefficient (Wildman–Crippen LogP) is 2.36. The van der Waals surface area contributed by atoms with Gasteiger partial charge in [0, 0.05) is 31.6 Å². The number of carbonyl (C=O) groups is 1. The molecule has 0 radical (unpaired) electrons. The number of benzene rings is 1. The SMILES string of the molecule is Cc1ccccc1[C@@H]1[C@@H]2CN(C(=O)c3cnco3)C[C@@H]2CN1C. The lowest BCUT2D eigenvalue weighted by Crippen LogP contribution is -2.33. The molecule has 2 aliphatic heterocycles. The van der Waals surface area contributed by atoms with Gasteiger partial charge < -0.3 is 9.32 Å². The molecule has 2 aromatic rings. The molecule has 4 rings (SSSR count). The summed E-state index contributed by atoms with van der Waals surface area (Å²) in [7, 11) is 2.19. The van der Waals surface area contributed by atoms with Crippen LogP contribution in [0.4, 0.5) is 0 Å². The van der Waals surface area contributed by atoms with Crippen LogP contribution in [0, 0.1) is 18.8 Å². The Balaban J connectivity index is 1.58. The number of oxazole rings is 1. The van der Waals surface area contributed by atoms with E-state index in [1.54, 1.807) is 0 Å². The van der Waals surface area contributed by atoms with Gasteiger partial charge >= 0.3 is 0 Å². The van der Waals surface area contributed by atoms with Gasteiger partial charge in [0.05, 0.1) is 6.20 Å². The maximum atomic E-state index is 12.5. The van der Waals surface area contributed by atoms with Crippen molar-refractivity contribution in [1.29, 1.82) is 0 Å². The number of fused-ring (bicyclic) bond motifs is 1. The summed E-state index contributed by atoms with van der Waals surface area (Å²) in [5.41, 5.74) is 2.71. The molecule has 0 aliphatic carbocycles. The van der Waals surface area contributed by atoms with Gasteiger partial charge in [-0.05, 0) is 31.0 Å². The summed E-state index contributed by atoms with van der Waals surface area (Å²) in [4.78, 5) is 20.7. The van der Waals surface area contributed by atoms with Crippen LogP contribution < -0.4 is 0 Å². The van der Waals surface area contributed by atoms with Crippen LogP contribution in [0.15, 0.2) is 41.3 Å². The molecule has 23 heavy (non-hydrogen) atoms. The third kappa shape index (κ3) is 2.36. The molecule has 2 fully saturated rings. The Morgan fingerprint density at radius 1 is 1.26 bits per heavy atom. The first-order valence-electron chi connectivity index (χ1n) is 8.08. The molecule has 2 aliphatic rings. The predicted molar refractivity (Wildman–Crippen MR) is 85.9 cm³/mol. The lowest BCUT2D eigenvalue weighted by Gasteiger charge is -2.27. The van der Waals surface area contributed by atoms with Crippen molar-refractivity contribution in [3.05, 3.63) is 53.7 Å². The number of nitrogens with zero attached hydrogens (tertiary/aromatic N) is 3. The largest absolute Gasteiger partial charge is 0.438 e. The maximum Gasteiger partial charge on any atom is 0.291 e. The van der Waals surface area contributed by atoms with Gasteiger partial charge in [-0.15, -0.1) is 0 Å². The number of hydrogen-bond donors (Lipinski definition) is 0. The minimum atomic E-state index is -0.0388. The summed E-state index contributed by atoms with van der Waals surface area (Å²) >= 11 is 0. The summed E-state index contributed by atoms with van der Waals surface area (Å²) in [5, 5.41) is 0. The van der Waals surface area contributed by atoms with Crippen molar-refractivity contribution in [2.45, 2.75) is 13.0 Å². The van der Waals surface area contributed by atoms with Crippen LogP contribution >= 0.6 is 0 Å². The summed E-state index contributed by atoms with van der Waals surface area (Å²) in [6.45, 7) is 4.79. The minimum absolute atomic E-state index is 0.0388. The van der Waals surface area contributed by atoms with Gasteiger partial charge in [-0.25, -0.2) is 4.98 Å². The van der Waals surface area contributed by atoms with Gasteiger partial charge in [-0.3, -0.25) is 9.69 Å². The molecule has 0 saturated carbocycles. The lowest BCUT2D eigenvalue weighted by molar-refractivity contribution is 0.0736. The first-order valence-corrected chi connectivity index (χ1v) is 8.08. The zero-order chi connectivity index (χ0) is 16.0. The van der Waals surface area contributed by atoms with E-state index < -0.39 is 0 Å². The molecule has 2 saturated heterocycles. The average Bonchev–Trinajstić information content (AvgIpc) is 3.23. The van der Waals surface area contributed by atoms with Crippen LogP contribution in [0.1, 0.15) is 27.7 Å². The van der Waals surface area contributed by atoms with E-state index in [0.29, 0.717) is 23.6 Å². The topological polar surface area (TPSA) is 49.6 Å². The molecule has 3 heterocycles. The quantitative estimate of drug-likeness (QED) is 0.854. The van der Waals surface area contributed by atoms with E-state index >= 15 is 0 Å². The molecular formula is C18H21N3O2. The second-order valence-electron chi connectivity index (χ2n) is 6.74. The fourth-order valence-electron chi connectivity index (χ4n) is 4.29. The molecule has 0 bridgehead atoms. The highest BCUT2D eigenvalue weighted by atomic mass is 16.3. The van der Waals surface area contributed by atoms with E-state index in [2.05, 4.69) is 48.1 Å². The Bertz CT molecular complexity index is 713. The van der Waals surface area contributed by atoms with E-state index in [0.717, 1.165) is 19.6 Å². The third-order valence-corrected chi connectivity index (χ3v) is 5.33. The Morgan fingerprint density at radius 2 is 2.09 bits per heavy atom. The van der Waals surface area contributed by atoms with Crippen molar-refractivity contribution < 1.29 is 9.21 Å². The molecule has 1 aromatic carbocycles. The van der Waals surface area contributed by atoms with E-state index in [1.807, 2.05) is 4.90 Å². The number of hydrogen-bond acceptors (Lipinski definition) is 4. The highest BCUT2D eigenvalue weighted by Crippen LogP contribution is 2.45. The highest BCUT2D eigenvalue weighted by molar-refractivity contribution is 5.91. The number of rotatable bonds is 2. The zero-order valence-electron chi connectivity index (χ0n) is 13.5. The molecule has 3 atom stereocenters. The molecule has 120 valence electrons. The molecule has 1 aromatic heterocycles. The number of carbonyl (C=O) groups excluding carboxylic acids is 1. The summed E-state index contributed by atoms with van der Waals surface area (Å²) in [5.74, 6) is 1.30. The number of likely N-dealkylation sites (tertiary alicyclic amines) is 2. The first-order chi connectivity index (χ1) is 11.1. The van der Waals surface area contributed by atoms with Crippen LogP contribution in [0.25, 0.3) is 0 Å². The summed E-state index contributed by atoms with van der Waals surface area (Å²) in [6, 6.07) is 8.96. The van der Waals surface area contributed by atoms with Crippen molar-refractivity contribution in [3.63, 3.8) is 0 Å². The van der Waals surface area contributed by atoms with Gasteiger partial charge in [0.1, 0.15) is 0 Å². The molecule has 0 spiro atoms. The van der Waals surface area contributed by atoms with Gasteiger partial charge in [-0.1, -0.05) is 24.3 Å². The van der Waals surface area contributed by atoms with Crippen molar-refractivity contribution in [3.8, 4) is 0 Å². The standard InChI is InChI=1S/C18H21N3O2/c1-12-5-3-4-6-14(12)17-15-10-21(9-13(15)8-20(17)2)18(22)16-7-19-11-23-16/h3-7,11,13,15,17H,8-10H2,1-2H3/t13-,15+,17+/m0/s1. The monoisotopic (exact) mass is 311 g/mol. The van der Waals surface area contributed by atoms with Crippen LogP contribution in [0.3, 0.4) is 0 Å². The van der Waals surface area contributed by atoms with Crippen molar-refractivity contribution in [2.75, 3.05) is 26.7 Å². The van der Waals surface area contributed by atoms with Crippen molar-refractivity contribution in [1.82, 2.24) is 14.8 Å². The normalized spacial score (nSPS) is 27.4. The maximum absolute atomic E-state index is 12.5. The van der Waals surface area contributed by atoms with Gasteiger partial charge in [-0.2, -0.15) is 0 Å². The molecular weight excluding hydrogens is 290 g/mol. The van der Waals surface area contributed by atoms with E-state index in [9.17, 15) is 4.79 Å². The second-order valence-corrected chi connectivity index (χ2v) is 6.74. The van der Waals surface area contributed by atoms with E-state index in [-0.39, 0.29) is 5.91 Å². The number of aromatic nitrogens is 1. The lowest BCUT2D eigenvalue weighted by atomic mass is 9.88. The van der Waals surface area contributed by atoms with Gasteiger partial charge in [0.2, 0.25) is 5.76 Å². The van der Waals surface area contributed by atoms with Gasteiger partial charge in [0.25, 0.3) is 5.91 Å². The number of amides is 1. The molecule has 0 unspecified atom stereocenters. The van der Waals surface area contributed by atoms with E-state index in [1.165, 1.54) is 23.7 Å². The Morgan fingerprint density at radius 3 is 2.83 bits per heavy atom. The summed E-state index contributed by atoms with van der Waals surface area (Å²) < 4.78 is 5.17. The van der Waals surface area contributed by atoms with Crippen LogP contribution in [-0.4, -0.2) is 47.4 Å². The Labute approximate surface area is 135 Å². The Kier molecular flexibility index (Phi) is 3.45. The highest BCUT2D eigenvalue weighted by Gasteiger charge is 2.47. The first kappa shape index (κ1) is 14.5. The molecule has 0 N–H and O–H groups in total. The van der Waals surface area contributed by atoms with Crippen LogP contribution in [-0.2, 0) is 0 Å². The third-order valence-electron chi connectivity index (χ3n) is 5.33. The van der Waals surface area contributed by atoms with Crippen molar-refractivity contribution >= 4 is 5.91 Å². The fraction of sp³-hybridized carbons (Fsp3) is 0.444. The minimum Gasteiger partial charge on any atom is -0.438 e. The molecule has 5 nitrogen and oxygen atoms in total. The van der Waals surface area contributed by atoms with Crippen LogP contribution in [0.2, 0.25) is 0 Å². The Hall–Kier alpha value is -2.14. The van der Waals surface area contributed by atoms with Crippen molar-refractivity contribution in [2.24, 2.45) is 11.8 Å². The van der Waals surface area contributed by atoms with E-state index in [4.69, 9.17) is 4.42 Å². The summed E-state index contributed by atoms with van der Waals surface area (Å²) in [6.07, 6.45) is 2.81. The molecule has 1 amide bonds. The zero-order valence-corrected chi connectivity index (χ0v) is 13.5. The van der Waals surface area contributed by atoms with Gasteiger partial charge in [0.15, 0.2) is 6.39 Å². The smallest absolute Gasteiger partial charge is 0.291 e. The number of aryl methyl sites for hydroxylation is 1. The fourth-order valence-corrected chi connectivity index (χ4v) is 4.29. The molecule has 5 heteroatoms. The van der Waals surface area contributed by atoms with Crippen LogP contribution in [0.5, 0.6) is 0 Å².